The van der Waals surface area contributed by atoms with Crippen molar-refractivity contribution in [1.29, 1.82) is 0 Å². The van der Waals surface area contributed by atoms with Gasteiger partial charge >= 0.3 is 0 Å². The zero-order chi connectivity index (χ0) is 15.4. The fourth-order valence-corrected chi connectivity index (χ4v) is 2.66. The predicted molar refractivity (Wildman–Crippen MR) is 92.5 cm³/mol. The van der Waals surface area contributed by atoms with Gasteiger partial charge in [0.25, 0.3) is 0 Å². The lowest BCUT2D eigenvalue weighted by Gasteiger charge is -2.15. The van der Waals surface area contributed by atoms with Crippen LogP contribution in [0.5, 0.6) is 11.5 Å². The molecule has 0 radical (unpaired) electrons. The first-order valence-corrected chi connectivity index (χ1v) is 8.15. The molecule has 2 rings (SSSR count). The molecule has 0 aliphatic heterocycles. The minimum absolute atomic E-state index is 0.272. The summed E-state index contributed by atoms with van der Waals surface area (Å²) < 4.78 is 6.92. The van der Waals surface area contributed by atoms with E-state index in [0.29, 0.717) is 10.8 Å². The third-order valence-corrected chi connectivity index (χ3v) is 4.12. The van der Waals surface area contributed by atoms with Gasteiger partial charge in [-0.15, -0.1) is 0 Å². The minimum Gasteiger partial charge on any atom is -0.455 e. The van der Waals surface area contributed by atoms with Crippen molar-refractivity contribution in [2.24, 2.45) is 0 Å². The topological polar surface area (TPSA) is 21.3 Å². The lowest BCUT2D eigenvalue weighted by Crippen LogP contribution is -2.17. The van der Waals surface area contributed by atoms with E-state index >= 15 is 0 Å². The summed E-state index contributed by atoms with van der Waals surface area (Å²) >= 11 is 9.81. The SMILES string of the molecule is CCNC(C)c1ccc(Oc2cc(Br)ccc2C)c(Cl)c1. The first-order chi connectivity index (χ1) is 10.0. The summed E-state index contributed by atoms with van der Waals surface area (Å²) in [5.41, 5.74) is 2.22. The molecule has 0 heterocycles. The number of nitrogens with one attached hydrogen (secondary N) is 1. The van der Waals surface area contributed by atoms with Crippen molar-refractivity contribution >= 4 is 27.5 Å². The van der Waals surface area contributed by atoms with Crippen LogP contribution in [0.3, 0.4) is 0 Å². The second-order valence-corrected chi connectivity index (χ2v) is 6.30. The van der Waals surface area contributed by atoms with Gasteiger partial charge in [0.2, 0.25) is 0 Å². The zero-order valence-electron chi connectivity index (χ0n) is 12.4. The first kappa shape index (κ1) is 16.3. The lowest BCUT2D eigenvalue weighted by molar-refractivity contribution is 0.478. The maximum absolute atomic E-state index is 6.35. The van der Waals surface area contributed by atoms with Gasteiger partial charge < -0.3 is 10.1 Å². The number of rotatable bonds is 5. The monoisotopic (exact) mass is 367 g/mol. The van der Waals surface area contributed by atoms with Crippen LogP contribution in [0.25, 0.3) is 0 Å². The molecule has 1 unspecified atom stereocenters. The number of hydrogen-bond acceptors (Lipinski definition) is 2. The molecular weight excluding hydrogens is 350 g/mol. The first-order valence-electron chi connectivity index (χ1n) is 6.98. The Labute approximate surface area is 139 Å². The van der Waals surface area contributed by atoms with E-state index in [1.807, 2.05) is 43.3 Å². The normalized spacial score (nSPS) is 12.2. The lowest BCUT2D eigenvalue weighted by atomic mass is 10.1. The highest BCUT2D eigenvalue weighted by molar-refractivity contribution is 9.10. The van der Waals surface area contributed by atoms with E-state index in [4.69, 9.17) is 16.3 Å². The van der Waals surface area contributed by atoms with Gasteiger partial charge in [-0.25, -0.2) is 0 Å². The molecule has 0 bridgehead atoms. The molecule has 21 heavy (non-hydrogen) atoms. The Hall–Kier alpha value is -1.03. The Bertz CT molecular complexity index is 630. The maximum atomic E-state index is 6.35. The molecule has 2 nitrogen and oxygen atoms in total. The van der Waals surface area contributed by atoms with E-state index in [2.05, 4.69) is 35.1 Å². The fourth-order valence-electron chi connectivity index (χ4n) is 2.10. The molecule has 0 saturated carbocycles. The van der Waals surface area contributed by atoms with Crippen LogP contribution in [0.1, 0.15) is 31.0 Å². The van der Waals surface area contributed by atoms with Crippen molar-refractivity contribution in [2.45, 2.75) is 26.8 Å². The molecule has 1 atom stereocenters. The molecule has 0 saturated heterocycles. The molecule has 0 aliphatic rings. The molecule has 0 amide bonds. The fraction of sp³-hybridized carbons (Fsp3) is 0.294. The van der Waals surface area contributed by atoms with Gasteiger partial charge in [0.1, 0.15) is 11.5 Å². The summed E-state index contributed by atoms with van der Waals surface area (Å²) in [7, 11) is 0. The molecule has 4 heteroatoms. The molecule has 0 aromatic heterocycles. The van der Waals surface area contributed by atoms with E-state index in [0.717, 1.165) is 27.9 Å². The summed E-state index contributed by atoms with van der Waals surface area (Å²) in [4.78, 5) is 0. The van der Waals surface area contributed by atoms with Crippen LogP contribution in [-0.2, 0) is 0 Å². The third kappa shape index (κ3) is 4.22. The van der Waals surface area contributed by atoms with E-state index in [9.17, 15) is 0 Å². The van der Waals surface area contributed by atoms with Crippen LogP contribution in [0, 0.1) is 6.92 Å². The van der Waals surface area contributed by atoms with Crippen LogP contribution in [0.4, 0.5) is 0 Å². The number of hydrogen-bond donors (Lipinski definition) is 1. The molecule has 2 aromatic carbocycles. The average molecular weight is 369 g/mol. The number of ether oxygens (including phenoxy) is 1. The van der Waals surface area contributed by atoms with Gasteiger partial charge in [-0.1, -0.05) is 46.6 Å². The molecule has 112 valence electrons. The van der Waals surface area contributed by atoms with Crippen molar-refractivity contribution in [3.8, 4) is 11.5 Å². The number of benzene rings is 2. The van der Waals surface area contributed by atoms with Gasteiger partial charge in [-0.2, -0.15) is 0 Å². The van der Waals surface area contributed by atoms with E-state index < -0.39 is 0 Å². The van der Waals surface area contributed by atoms with Crippen LogP contribution < -0.4 is 10.1 Å². The standard InChI is InChI=1S/C17H19BrClNO/c1-4-20-12(3)13-6-8-16(15(19)9-13)21-17-10-14(18)7-5-11(17)2/h5-10,12,20H,4H2,1-3H3. The van der Waals surface area contributed by atoms with Crippen molar-refractivity contribution in [3.05, 3.63) is 57.0 Å². The summed E-state index contributed by atoms with van der Waals surface area (Å²) in [6, 6.07) is 12.1. The van der Waals surface area contributed by atoms with Crippen LogP contribution >= 0.6 is 27.5 Å². The maximum Gasteiger partial charge on any atom is 0.146 e. The predicted octanol–water partition coefficient (Wildman–Crippen LogP) is 5.87. The molecule has 0 fully saturated rings. The summed E-state index contributed by atoms with van der Waals surface area (Å²) in [5, 5.41) is 3.99. The Morgan fingerprint density at radius 2 is 1.95 bits per heavy atom. The Kier molecular flexibility index (Phi) is 5.68. The quantitative estimate of drug-likeness (QED) is 0.712. The largest absolute Gasteiger partial charge is 0.455 e. The van der Waals surface area contributed by atoms with Gasteiger partial charge in [0.05, 0.1) is 5.02 Å². The molecule has 1 N–H and O–H groups in total. The molecular formula is C17H19BrClNO. The summed E-state index contributed by atoms with van der Waals surface area (Å²) in [6.07, 6.45) is 0. The zero-order valence-corrected chi connectivity index (χ0v) is 14.8. The molecule has 2 aromatic rings. The summed E-state index contributed by atoms with van der Waals surface area (Å²) in [5.74, 6) is 1.48. The average Bonchev–Trinajstić information content (AvgIpc) is 2.45. The second kappa shape index (κ2) is 7.30. The Morgan fingerprint density at radius 1 is 1.19 bits per heavy atom. The number of halogens is 2. The van der Waals surface area contributed by atoms with Gasteiger partial charge in [-0.3, -0.25) is 0 Å². The van der Waals surface area contributed by atoms with E-state index in [1.54, 1.807) is 0 Å². The molecule has 0 aliphatic carbocycles. The van der Waals surface area contributed by atoms with E-state index in [1.165, 1.54) is 0 Å². The smallest absolute Gasteiger partial charge is 0.146 e. The van der Waals surface area contributed by atoms with E-state index in [-0.39, 0.29) is 6.04 Å². The van der Waals surface area contributed by atoms with Crippen molar-refractivity contribution in [2.75, 3.05) is 6.54 Å². The highest BCUT2D eigenvalue weighted by Crippen LogP contribution is 2.34. The third-order valence-electron chi connectivity index (χ3n) is 3.34. The highest BCUT2D eigenvalue weighted by Gasteiger charge is 2.10. The second-order valence-electron chi connectivity index (χ2n) is 4.98. The van der Waals surface area contributed by atoms with Gasteiger partial charge in [-0.05, 0) is 55.8 Å². The van der Waals surface area contributed by atoms with Crippen LogP contribution in [-0.4, -0.2) is 6.54 Å². The van der Waals surface area contributed by atoms with Gasteiger partial charge in [0.15, 0.2) is 0 Å². The Balaban J connectivity index is 2.23. The van der Waals surface area contributed by atoms with Crippen molar-refractivity contribution < 1.29 is 4.74 Å². The number of aryl methyl sites for hydroxylation is 1. The van der Waals surface area contributed by atoms with Crippen LogP contribution in [0.15, 0.2) is 40.9 Å². The molecule has 0 spiro atoms. The van der Waals surface area contributed by atoms with Crippen LogP contribution in [0.2, 0.25) is 5.02 Å². The summed E-state index contributed by atoms with van der Waals surface area (Å²) in [6.45, 7) is 7.14. The minimum atomic E-state index is 0.272. The highest BCUT2D eigenvalue weighted by atomic mass is 79.9. The Morgan fingerprint density at radius 3 is 2.62 bits per heavy atom. The van der Waals surface area contributed by atoms with Crippen molar-refractivity contribution in [1.82, 2.24) is 5.32 Å². The van der Waals surface area contributed by atoms with Gasteiger partial charge in [0, 0.05) is 10.5 Å². The van der Waals surface area contributed by atoms with Crippen molar-refractivity contribution in [3.63, 3.8) is 0 Å².